The second-order valence-electron chi connectivity index (χ2n) is 3.11. The van der Waals surface area contributed by atoms with Crippen molar-refractivity contribution in [2.75, 3.05) is 19.8 Å². The minimum atomic E-state index is -0.932. The van der Waals surface area contributed by atoms with E-state index in [9.17, 15) is 4.79 Å². The van der Waals surface area contributed by atoms with Gasteiger partial charge in [0.1, 0.15) is 6.61 Å². The number of carboxylic acid groups (broad SMARTS) is 1. The molecule has 0 bridgehead atoms. The first-order valence-corrected chi connectivity index (χ1v) is 4.83. The van der Waals surface area contributed by atoms with Crippen LogP contribution < -0.4 is 5.32 Å². The van der Waals surface area contributed by atoms with Gasteiger partial charge in [-0.1, -0.05) is 30.3 Å². The molecule has 15 heavy (non-hydrogen) atoms. The summed E-state index contributed by atoms with van der Waals surface area (Å²) >= 11 is 0. The molecule has 1 aromatic rings. The van der Waals surface area contributed by atoms with Gasteiger partial charge in [0.05, 0.1) is 6.61 Å². The van der Waals surface area contributed by atoms with Crippen molar-refractivity contribution in [3.8, 4) is 0 Å². The van der Waals surface area contributed by atoms with Crippen LogP contribution in [-0.4, -0.2) is 30.8 Å². The summed E-state index contributed by atoms with van der Waals surface area (Å²) in [5.41, 5.74) is 1.20. The molecule has 0 radical (unpaired) electrons. The van der Waals surface area contributed by atoms with E-state index in [1.165, 1.54) is 5.56 Å². The van der Waals surface area contributed by atoms with Crippen LogP contribution in [0.1, 0.15) is 5.56 Å². The van der Waals surface area contributed by atoms with Crippen LogP contribution in [0.2, 0.25) is 0 Å². The van der Waals surface area contributed by atoms with Crippen LogP contribution in [-0.2, 0) is 16.1 Å². The zero-order chi connectivity index (χ0) is 10.9. The predicted molar refractivity (Wildman–Crippen MR) is 56.6 cm³/mol. The Morgan fingerprint density at radius 1 is 1.33 bits per heavy atom. The smallest absolute Gasteiger partial charge is 0.329 e. The molecule has 82 valence electrons. The highest BCUT2D eigenvalue weighted by atomic mass is 16.5. The number of rotatable bonds is 7. The van der Waals surface area contributed by atoms with Gasteiger partial charge >= 0.3 is 5.97 Å². The van der Waals surface area contributed by atoms with Crippen molar-refractivity contribution in [1.82, 2.24) is 5.32 Å². The number of ether oxygens (including phenoxy) is 1. The van der Waals surface area contributed by atoms with Gasteiger partial charge in [0.2, 0.25) is 0 Å². The van der Waals surface area contributed by atoms with E-state index in [0.717, 1.165) is 6.54 Å². The molecule has 0 aliphatic rings. The van der Waals surface area contributed by atoms with Crippen molar-refractivity contribution in [1.29, 1.82) is 0 Å². The van der Waals surface area contributed by atoms with Gasteiger partial charge in [-0.3, -0.25) is 0 Å². The zero-order valence-corrected chi connectivity index (χ0v) is 8.48. The summed E-state index contributed by atoms with van der Waals surface area (Å²) in [6, 6.07) is 10.0. The van der Waals surface area contributed by atoms with E-state index in [1.54, 1.807) is 0 Å². The topological polar surface area (TPSA) is 58.6 Å². The molecule has 0 aliphatic carbocycles. The first-order chi connectivity index (χ1) is 7.29. The molecule has 0 fully saturated rings. The Morgan fingerprint density at radius 2 is 2.07 bits per heavy atom. The maximum Gasteiger partial charge on any atom is 0.329 e. The van der Waals surface area contributed by atoms with Crippen LogP contribution >= 0.6 is 0 Å². The Morgan fingerprint density at radius 3 is 2.73 bits per heavy atom. The quantitative estimate of drug-likeness (QED) is 0.654. The Labute approximate surface area is 88.9 Å². The molecule has 0 aromatic heterocycles. The fourth-order valence-electron chi connectivity index (χ4n) is 1.13. The molecule has 0 saturated heterocycles. The fraction of sp³-hybridized carbons (Fsp3) is 0.364. The Bertz CT molecular complexity index is 287. The number of carboxylic acids is 1. The maximum absolute atomic E-state index is 10.1. The van der Waals surface area contributed by atoms with Crippen LogP contribution in [0, 0.1) is 0 Å². The third kappa shape index (κ3) is 5.83. The van der Waals surface area contributed by atoms with Crippen LogP contribution in [0.3, 0.4) is 0 Å². The molecule has 4 nitrogen and oxygen atoms in total. The maximum atomic E-state index is 10.1. The molecule has 0 heterocycles. The van der Waals surface area contributed by atoms with Gasteiger partial charge in [-0.05, 0) is 5.56 Å². The summed E-state index contributed by atoms with van der Waals surface area (Å²) in [6.45, 7) is 1.62. The standard InChI is InChI=1S/C11H15NO3/c13-11(14)9-15-7-6-12-8-10-4-2-1-3-5-10/h1-5,12H,6-9H2,(H,13,14). The molecule has 2 N–H and O–H groups in total. The highest BCUT2D eigenvalue weighted by Crippen LogP contribution is 1.96. The molecule has 1 aromatic carbocycles. The molecule has 0 unspecified atom stereocenters. The molecule has 4 heteroatoms. The average molecular weight is 209 g/mol. The van der Waals surface area contributed by atoms with E-state index in [4.69, 9.17) is 9.84 Å². The molecule has 0 spiro atoms. The molecule has 0 saturated carbocycles. The van der Waals surface area contributed by atoms with Crippen LogP contribution in [0.4, 0.5) is 0 Å². The van der Waals surface area contributed by atoms with Gasteiger partial charge in [0.25, 0.3) is 0 Å². The highest BCUT2D eigenvalue weighted by molar-refractivity contribution is 5.67. The van der Waals surface area contributed by atoms with Crippen LogP contribution in [0.25, 0.3) is 0 Å². The van der Waals surface area contributed by atoms with Gasteiger partial charge < -0.3 is 15.2 Å². The van der Waals surface area contributed by atoms with Crippen molar-refractivity contribution in [3.05, 3.63) is 35.9 Å². The lowest BCUT2D eigenvalue weighted by Gasteiger charge is -2.04. The first-order valence-electron chi connectivity index (χ1n) is 4.83. The van der Waals surface area contributed by atoms with Gasteiger partial charge in [-0.25, -0.2) is 4.79 Å². The lowest BCUT2D eigenvalue weighted by atomic mass is 10.2. The van der Waals surface area contributed by atoms with Crippen molar-refractivity contribution in [2.24, 2.45) is 0 Å². The minimum absolute atomic E-state index is 0.229. The summed E-state index contributed by atoms with van der Waals surface area (Å²) in [5, 5.41) is 11.5. The van der Waals surface area contributed by atoms with Gasteiger partial charge in [-0.2, -0.15) is 0 Å². The Balaban J connectivity index is 2.00. The lowest BCUT2D eigenvalue weighted by Crippen LogP contribution is -2.20. The third-order valence-corrected chi connectivity index (χ3v) is 1.82. The molecule has 0 aliphatic heterocycles. The fourth-order valence-corrected chi connectivity index (χ4v) is 1.13. The minimum Gasteiger partial charge on any atom is -0.480 e. The largest absolute Gasteiger partial charge is 0.480 e. The van der Waals surface area contributed by atoms with E-state index in [2.05, 4.69) is 5.32 Å². The average Bonchev–Trinajstić information content (AvgIpc) is 2.24. The summed E-state index contributed by atoms with van der Waals surface area (Å²) < 4.78 is 4.87. The number of nitrogens with one attached hydrogen (secondary N) is 1. The first kappa shape index (κ1) is 11.7. The number of benzene rings is 1. The van der Waals surface area contributed by atoms with Gasteiger partial charge in [0, 0.05) is 13.1 Å². The summed E-state index contributed by atoms with van der Waals surface area (Å²) in [6.07, 6.45) is 0. The van der Waals surface area contributed by atoms with E-state index >= 15 is 0 Å². The van der Waals surface area contributed by atoms with Gasteiger partial charge in [-0.15, -0.1) is 0 Å². The highest BCUT2D eigenvalue weighted by Gasteiger charge is 1.95. The second-order valence-corrected chi connectivity index (χ2v) is 3.11. The van der Waals surface area contributed by atoms with E-state index < -0.39 is 5.97 Å². The van der Waals surface area contributed by atoms with Crippen molar-refractivity contribution < 1.29 is 14.6 Å². The third-order valence-electron chi connectivity index (χ3n) is 1.82. The molecular weight excluding hydrogens is 194 g/mol. The summed E-state index contributed by atoms with van der Waals surface area (Å²) in [5.74, 6) is -0.932. The monoisotopic (exact) mass is 209 g/mol. The van der Waals surface area contributed by atoms with Crippen molar-refractivity contribution in [2.45, 2.75) is 6.54 Å². The van der Waals surface area contributed by atoms with Crippen molar-refractivity contribution in [3.63, 3.8) is 0 Å². The molecular formula is C11H15NO3. The van der Waals surface area contributed by atoms with Crippen LogP contribution in [0.15, 0.2) is 30.3 Å². The van der Waals surface area contributed by atoms with E-state index in [-0.39, 0.29) is 6.61 Å². The second kappa shape index (κ2) is 6.98. The van der Waals surface area contributed by atoms with E-state index in [0.29, 0.717) is 13.2 Å². The number of hydrogen-bond acceptors (Lipinski definition) is 3. The summed E-state index contributed by atoms with van der Waals surface area (Å²) in [7, 11) is 0. The molecule has 0 amide bonds. The SMILES string of the molecule is O=C(O)COCCNCc1ccccc1. The number of carbonyl (C=O) groups is 1. The number of aliphatic carboxylic acids is 1. The summed E-state index contributed by atoms with van der Waals surface area (Å²) in [4.78, 5) is 10.1. The zero-order valence-electron chi connectivity index (χ0n) is 8.48. The Kier molecular flexibility index (Phi) is 5.43. The van der Waals surface area contributed by atoms with Crippen molar-refractivity contribution >= 4 is 5.97 Å². The molecule has 1 rings (SSSR count). The predicted octanol–water partition coefficient (Wildman–Crippen LogP) is 0.877. The number of hydrogen-bond donors (Lipinski definition) is 2. The molecule has 0 atom stereocenters. The van der Waals surface area contributed by atoms with Gasteiger partial charge in [0.15, 0.2) is 0 Å². The van der Waals surface area contributed by atoms with E-state index in [1.807, 2.05) is 30.3 Å². The normalized spacial score (nSPS) is 10.1. The Hall–Kier alpha value is -1.39. The lowest BCUT2D eigenvalue weighted by molar-refractivity contribution is -0.142. The van der Waals surface area contributed by atoms with Crippen LogP contribution in [0.5, 0.6) is 0 Å².